The van der Waals surface area contributed by atoms with Crippen molar-refractivity contribution in [1.82, 2.24) is 10.9 Å². The molecule has 2 amide bonds. The molecule has 0 aromatic heterocycles. The van der Waals surface area contributed by atoms with Crippen molar-refractivity contribution in [3.63, 3.8) is 0 Å². The number of amides is 2. The molecule has 0 spiro atoms. The number of hydrogen-bond donors (Lipinski definition) is 2. The summed E-state index contributed by atoms with van der Waals surface area (Å²) in [5.74, 6) is -0.422. The van der Waals surface area contributed by atoms with Crippen LogP contribution in [0, 0.1) is 0 Å². The summed E-state index contributed by atoms with van der Waals surface area (Å²) in [5.41, 5.74) is 9.74. The molecule has 0 atom stereocenters. The second-order valence-corrected chi connectivity index (χ2v) is 9.85. The molecule has 0 saturated heterocycles. The zero-order valence-electron chi connectivity index (χ0n) is 20.9. The highest BCUT2D eigenvalue weighted by atomic mass is 79.9. The summed E-state index contributed by atoms with van der Waals surface area (Å²) in [5, 5.41) is 8.20. The molecular weight excluding hydrogens is 608 g/mol. The van der Waals surface area contributed by atoms with Gasteiger partial charge in [-0.15, -0.1) is 0 Å². The van der Waals surface area contributed by atoms with Crippen molar-refractivity contribution in [2.75, 3.05) is 0 Å². The first-order valence-electron chi connectivity index (χ1n) is 11.6. The maximum Gasteiger partial charge on any atom is 0.271 e. The third-order valence-corrected chi connectivity index (χ3v) is 6.30. The average molecular weight is 634 g/mol. The van der Waals surface area contributed by atoms with Crippen molar-refractivity contribution < 1.29 is 9.59 Å². The number of benzene rings is 4. The minimum atomic E-state index is -0.211. The molecule has 38 heavy (non-hydrogen) atoms. The number of carbonyl (C=O) groups excluding carboxylic acids is 2. The van der Waals surface area contributed by atoms with Crippen molar-refractivity contribution in [1.29, 1.82) is 0 Å². The molecule has 4 rings (SSSR count). The van der Waals surface area contributed by atoms with E-state index in [0.29, 0.717) is 11.1 Å². The van der Waals surface area contributed by atoms with Gasteiger partial charge in [0.05, 0.1) is 11.4 Å². The van der Waals surface area contributed by atoms with Gasteiger partial charge in [-0.1, -0.05) is 92.5 Å². The normalized spacial score (nSPS) is 11.2. The lowest BCUT2D eigenvalue weighted by atomic mass is 10.1. The van der Waals surface area contributed by atoms with Gasteiger partial charge >= 0.3 is 0 Å². The van der Waals surface area contributed by atoms with Gasteiger partial charge in [0, 0.05) is 20.1 Å². The van der Waals surface area contributed by atoms with Crippen molar-refractivity contribution in [2.24, 2.45) is 10.2 Å². The third-order valence-electron chi connectivity index (χ3n) is 5.25. The van der Waals surface area contributed by atoms with E-state index in [0.717, 1.165) is 31.5 Å². The number of hydrazone groups is 2. The summed E-state index contributed by atoms with van der Waals surface area (Å²) in [7, 11) is 0. The monoisotopic (exact) mass is 632 g/mol. The molecule has 0 heterocycles. The molecule has 0 unspecified atom stereocenters. The molecule has 8 heteroatoms. The molecular formula is C30H26Br2N4O2. The van der Waals surface area contributed by atoms with E-state index in [1.165, 1.54) is 0 Å². The van der Waals surface area contributed by atoms with E-state index in [1.54, 1.807) is 24.3 Å². The summed E-state index contributed by atoms with van der Waals surface area (Å²) < 4.78 is 2.02. The lowest BCUT2D eigenvalue weighted by Gasteiger charge is -2.03. The van der Waals surface area contributed by atoms with Gasteiger partial charge in [0.1, 0.15) is 0 Å². The predicted molar refractivity (Wildman–Crippen MR) is 161 cm³/mol. The second-order valence-electron chi connectivity index (χ2n) is 8.02. The molecule has 192 valence electrons. The van der Waals surface area contributed by atoms with Crippen molar-refractivity contribution in [2.45, 2.75) is 13.8 Å². The Morgan fingerprint density at radius 1 is 0.500 bits per heavy atom. The minimum Gasteiger partial charge on any atom is -0.267 e. The van der Waals surface area contributed by atoms with Crippen LogP contribution in [0.2, 0.25) is 0 Å². The fourth-order valence-corrected chi connectivity index (χ4v) is 3.62. The summed E-state index contributed by atoms with van der Waals surface area (Å²) >= 11 is 6.76. The van der Waals surface area contributed by atoms with E-state index in [1.807, 2.05) is 98.8 Å². The number of halogens is 2. The van der Waals surface area contributed by atoms with E-state index in [9.17, 15) is 9.59 Å². The average Bonchev–Trinajstić information content (AvgIpc) is 2.96. The standard InChI is InChI=1S/2C15H13BrN2O/c2*1-11(12-7-9-14(16)10-8-12)17-18-15(19)13-5-3-2-4-6-13/h2*2-10H,1H3,(H,18,19)/b2*17-11+. The highest BCUT2D eigenvalue weighted by Gasteiger charge is 2.05. The van der Waals surface area contributed by atoms with Gasteiger partial charge < -0.3 is 0 Å². The van der Waals surface area contributed by atoms with Crippen LogP contribution >= 0.6 is 31.9 Å². The van der Waals surface area contributed by atoms with Crippen LogP contribution in [0.25, 0.3) is 0 Å². The largest absolute Gasteiger partial charge is 0.271 e. The zero-order chi connectivity index (χ0) is 27.3. The summed E-state index contributed by atoms with van der Waals surface area (Å²) in [6.07, 6.45) is 0. The van der Waals surface area contributed by atoms with Crippen LogP contribution in [-0.2, 0) is 0 Å². The Morgan fingerprint density at radius 2 is 0.816 bits per heavy atom. The molecule has 0 fully saturated rings. The molecule has 0 bridgehead atoms. The summed E-state index contributed by atoms with van der Waals surface area (Å²) in [6.45, 7) is 3.71. The third kappa shape index (κ3) is 9.21. The van der Waals surface area contributed by atoms with Crippen molar-refractivity contribution in [3.05, 3.63) is 140 Å². The Morgan fingerprint density at radius 3 is 1.13 bits per heavy atom. The van der Waals surface area contributed by atoms with Crippen LogP contribution < -0.4 is 10.9 Å². The van der Waals surface area contributed by atoms with Gasteiger partial charge in [-0.3, -0.25) is 9.59 Å². The van der Waals surface area contributed by atoms with E-state index < -0.39 is 0 Å². The Hall–Kier alpha value is -3.88. The zero-order valence-corrected chi connectivity index (χ0v) is 24.0. The van der Waals surface area contributed by atoms with Crippen LogP contribution in [0.1, 0.15) is 45.7 Å². The smallest absolute Gasteiger partial charge is 0.267 e. The first-order valence-corrected chi connectivity index (χ1v) is 13.2. The molecule has 0 saturated carbocycles. The topological polar surface area (TPSA) is 82.9 Å². The molecule has 0 aliphatic rings. The van der Waals surface area contributed by atoms with Gasteiger partial charge in [-0.2, -0.15) is 10.2 Å². The maximum atomic E-state index is 11.8. The molecule has 4 aromatic carbocycles. The minimum absolute atomic E-state index is 0.211. The van der Waals surface area contributed by atoms with Gasteiger partial charge in [-0.05, 0) is 73.5 Å². The van der Waals surface area contributed by atoms with Gasteiger partial charge in [0.25, 0.3) is 11.8 Å². The summed E-state index contributed by atoms with van der Waals surface area (Å²) in [4.78, 5) is 23.6. The fourth-order valence-electron chi connectivity index (χ4n) is 3.09. The molecule has 0 aliphatic heterocycles. The number of carbonyl (C=O) groups is 2. The van der Waals surface area contributed by atoms with E-state index >= 15 is 0 Å². The van der Waals surface area contributed by atoms with E-state index in [2.05, 4.69) is 52.9 Å². The molecule has 0 aliphatic carbocycles. The lowest BCUT2D eigenvalue weighted by Crippen LogP contribution is -2.19. The SMILES string of the molecule is C/C(=N\NC(=O)c1ccccc1)c1ccc(Br)cc1.C/C(=N\NC(=O)c1ccccc1)c1ccc(Br)cc1. The van der Waals surface area contributed by atoms with Crippen LogP contribution in [0.3, 0.4) is 0 Å². The Balaban J connectivity index is 0.000000211. The summed E-state index contributed by atoms with van der Waals surface area (Å²) in [6, 6.07) is 33.5. The number of rotatable bonds is 6. The van der Waals surface area contributed by atoms with Crippen molar-refractivity contribution in [3.8, 4) is 0 Å². The Bertz CT molecular complexity index is 1290. The van der Waals surface area contributed by atoms with Crippen LogP contribution in [0.15, 0.2) is 128 Å². The van der Waals surface area contributed by atoms with Crippen molar-refractivity contribution >= 4 is 55.1 Å². The number of nitrogens with one attached hydrogen (secondary N) is 2. The van der Waals surface area contributed by atoms with Gasteiger partial charge in [0.15, 0.2) is 0 Å². The van der Waals surface area contributed by atoms with Crippen LogP contribution in [0.5, 0.6) is 0 Å². The highest BCUT2D eigenvalue weighted by molar-refractivity contribution is 9.10. The number of hydrogen-bond acceptors (Lipinski definition) is 4. The first-order chi connectivity index (χ1) is 18.3. The Kier molecular flexibility index (Phi) is 11.1. The fraction of sp³-hybridized carbons (Fsp3) is 0.0667. The first kappa shape index (κ1) is 28.7. The molecule has 4 aromatic rings. The number of nitrogens with zero attached hydrogens (tertiary/aromatic N) is 2. The second kappa shape index (κ2) is 14.8. The van der Waals surface area contributed by atoms with Gasteiger partial charge in [-0.25, -0.2) is 10.9 Å². The maximum absolute atomic E-state index is 11.8. The highest BCUT2D eigenvalue weighted by Crippen LogP contribution is 2.12. The predicted octanol–water partition coefficient (Wildman–Crippen LogP) is 7.21. The molecule has 2 N–H and O–H groups in total. The molecule has 0 radical (unpaired) electrons. The molecule has 6 nitrogen and oxygen atoms in total. The Labute approximate surface area is 239 Å². The van der Waals surface area contributed by atoms with Crippen LogP contribution in [-0.4, -0.2) is 23.2 Å². The van der Waals surface area contributed by atoms with E-state index in [4.69, 9.17) is 0 Å². The van der Waals surface area contributed by atoms with E-state index in [-0.39, 0.29) is 11.8 Å². The lowest BCUT2D eigenvalue weighted by molar-refractivity contribution is 0.0947. The van der Waals surface area contributed by atoms with Gasteiger partial charge in [0.2, 0.25) is 0 Å². The quantitative estimate of drug-likeness (QED) is 0.174. The van der Waals surface area contributed by atoms with Crippen LogP contribution in [0.4, 0.5) is 0 Å².